The van der Waals surface area contributed by atoms with Crippen molar-refractivity contribution in [2.45, 2.75) is 19.8 Å². The number of hydrogen-bond acceptors (Lipinski definition) is 5. The fourth-order valence-electron chi connectivity index (χ4n) is 2.43. The first-order valence-corrected chi connectivity index (χ1v) is 7.25. The summed E-state index contributed by atoms with van der Waals surface area (Å²) in [6.07, 6.45) is 1.94. The highest BCUT2D eigenvalue weighted by Gasteiger charge is 2.15. The molecule has 0 saturated heterocycles. The van der Waals surface area contributed by atoms with E-state index in [1.807, 2.05) is 4.52 Å². The van der Waals surface area contributed by atoms with Crippen molar-refractivity contribution in [2.24, 2.45) is 0 Å². The van der Waals surface area contributed by atoms with E-state index in [4.69, 9.17) is 0 Å². The molecule has 6 heteroatoms. The van der Waals surface area contributed by atoms with Gasteiger partial charge in [-0.15, -0.1) is 10.2 Å². The van der Waals surface area contributed by atoms with Crippen LogP contribution in [-0.4, -0.2) is 26.4 Å². The summed E-state index contributed by atoms with van der Waals surface area (Å²) in [6, 6.07) is 6.49. The van der Waals surface area contributed by atoms with E-state index in [2.05, 4.69) is 45.7 Å². The lowest BCUT2D eigenvalue weighted by Crippen LogP contribution is -1.93. The number of nitrogens with one attached hydrogen (secondary N) is 1. The van der Waals surface area contributed by atoms with Crippen molar-refractivity contribution in [3.63, 3.8) is 0 Å². The van der Waals surface area contributed by atoms with Crippen LogP contribution in [0.2, 0.25) is 0 Å². The third-order valence-corrected chi connectivity index (χ3v) is 4.38. The van der Waals surface area contributed by atoms with Gasteiger partial charge in [0.15, 0.2) is 5.82 Å². The summed E-state index contributed by atoms with van der Waals surface area (Å²) in [5.41, 5.74) is 3.79. The number of anilines is 1. The van der Waals surface area contributed by atoms with Gasteiger partial charge < -0.3 is 5.32 Å². The number of nitrogens with zero attached hydrogens (tertiary/aromatic N) is 4. The van der Waals surface area contributed by atoms with Gasteiger partial charge in [-0.05, 0) is 30.2 Å². The molecule has 0 radical (unpaired) electrons. The van der Waals surface area contributed by atoms with Gasteiger partial charge in [0.2, 0.25) is 4.96 Å². The average Bonchev–Trinajstić information content (AvgIpc) is 3.12. The molecule has 4 rings (SSSR count). The monoisotopic (exact) mass is 271 g/mol. The Balaban J connectivity index is 1.83. The third-order valence-electron chi connectivity index (χ3n) is 3.43. The molecule has 0 saturated carbocycles. The minimum Gasteiger partial charge on any atom is -0.384 e. The van der Waals surface area contributed by atoms with Gasteiger partial charge in [0.25, 0.3) is 0 Å². The molecule has 5 nitrogen and oxygen atoms in total. The summed E-state index contributed by atoms with van der Waals surface area (Å²) in [6.45, 7) is 3.10. The van der Waals surface area contributed by atoms with Crippen LogP contribution < -0.4 is 5.32 Å². The summed E-state index contributed by atoms with van der Waals surface area (Å²) >= 11 is 1.59. The van der Waals surface area contributed by atoms with E-state index >= 15 is 0 Å². The Morgan fingerprint density at radius 2 is 2.32 bits per heavy atom. The van der Waals surface area contributed by atoms with E-state index in [0.29, 0.717) is 0 Å². The van der Waals surface area contributed by atoms with Gasteiger partial charge in [-0.2, -0.15) is 9.61 Å². The van der Waals surface area contributed by atoms with Crippen LogP contribution in [0.25, 0.3) is 15.5 Å². The molecule has 1 aliphatic heterocycles. The molecule has 96 valence electrons. The van der Waals surface area contributed by atoms with Crippen LogP contribution in [0.4, 0.5) is 5.69 Å². The van der Waals surface area contributed by atoms with Crippen molar-refractivity contribution in [3.05, 3.63) is 29.6 Å². The number of rotatable bonds is 2. The van der Waals surface area contributed by atoms with Crippen molar-refractivity contribution < 1.29 is 0 Å². The second-order valence-electron chi connectivity index (χ2n) is 4.62. The largest absolute Gasteiger partial charge is 0.384 e. The first-order valence-electron chi connectivity index (χ1n) is 6.43. The quantitative estimate of drug-likeness (QED) is 0.777. The van der Waals surface area contributed by atoms with Crippen LogP contribution in [0, 0.1) is 0 Å². The van der Waals surface area contributed by atoms with Crippen molar-refractivity contribution >= 4 is 22.0 Å². The number of fused-ring (bicyclic) bond motifs is 2. The van der Waals surface area contributed by atoms with Crippen molar-refractivity contribution in [3.8, 4) is 10.6 Å². The molecule has 0 amide bonds. The summed E-state index contributed by atoms with van der Waals surface area (Å²) in [4.78, 5) is 0.866. The molecule has 3 heterocycles. The van der Waals surface area contributed by atoms with E-state index in [0.717, 1.165) is 35.2 Å². The average molecular weight is 271 g/mol. The van der Waals surface area contributed by atoms with Crippen molar-refractivity contribution in [1.82, 2.24) is 19.8 Å². The molecule has 2 aromatic heterocycles. The van der Waals surface area contributed by atoms with Gasteiger partial charge in [0.1, 0.15) is 5.01 Å². The molecule has 1 aliphatic rings. The van der Waals surface area contributed by atoms with Gasteiger partial charge in [0, 0.05) is 24.2 Å². The SMILES string of the molecule is CCc1nnc2sc(-c3ccc4c(c3)CCN4)nn12. The smallest absolute Gasteiger partial charge is 0.234 e. The van der Waals surface area contributed by atoms with Crippen molar-refractivity contribution in [1.29, 1.82) is 0 Å². The highest BCUT2D eigenvalue weighted by atomic mass is 32.1. The Hall–Kier alpha value is -1.95. The maximum Gasteiger partial charge on any atom is 0.234 e. The van der Waals surface area contributed by atoms with Crippen LogP contribution in [-0.2, 0) is 12.8 Å². The van der Waals surface area contributed by atoms with Crippen molar-refractivity contribution in [2.75, 3.05) is 11.9 Å². The fraction of sp³-hybridized carbons (Fsp3) is 0.308. The molecule has 0 aliphatic carbocycles. The highest BCUT2D eigenvalue weighted by molar-refractivity contribution is 7.19. The van der Waals surface area contributed by atoms with Crippen LogP contribution in [0.5, 0.6) is 0 Å². The van der Waals surface area contributed by atoms with Gasteiger partial charge in [0.05, 0.1) is 0 Å². The number of aryl methyl sites for hydroxylation is 1. The van der Waals surface area contributed by atoms with E-state index in [-0.39, 0.29) is 0 Å². The van der Waals surface area contributed by atoms with Gasteiger partial charge in [-0.1, -0.05) is 18.3 Å². The van der Waals surface area contributed by atoms with E-state index in [1.165, 1.54) is 16.8 Å². The lowest BCUT2D eigenvalue weighted by atomic mass is 10.1. The predicted molar refractivity (Wildman–Crippen MR) is 75.7 cm³/mol. The molecular formula is C13H13N5S. The summed E-state index contributed by atoms with van der Waals surface area (Å²) in [5, 5.41) is 17.3. The standard InChI is InChI=1S/C13H13N5S/c1-2-11-15-16-13-18(11)17-12(19-13)9-3-4-10-8(7-9)5-6-14-10/h3-4,7,14H,2,5-6H2,1H3. The Bertz CT molecular complexity index is 758. The zero-order chi connectivity index (χ0) is 12.8. The Labute approximate surface area is 114 Å². The van der Waals surface area contributed by atoms with Crippen LogP contribution in [0.3, 0.4) is 0 Å². The van der Waals surface area contributed by atoms with Crippen LogP contribution >= 0.6 is 11.3 Å². The maximum atomic E-state index is 4.63. The molecule has 1 aromatic carbocycles. The zero-order valence-electron chi connectivity index (χ0n) is 10.6. The first kappa shape index (κ1) is 10.9. The lowest BCUT2D eigenvalue weighted by molar-refractivity contribution is 0.838. The van der Waals surface area contributed by atoms with E-state index < -0.39 is 0 Å². The van der Waals surface area contributed by atoms with Gasteiger partial charge in [-0.3, -0.25) is 0 Å². The minimum absolute atomic E-state index is 0.846. The third kappa shape index (κ3) is 1.63. The maximum absolute atomic E-state index is 4.63. The van der Waals surface area contributed by atoms with E-state index in [9.17, 15) is 0 Å². The molecule has 19 heavy (non-hydrogen) atoms. The molecule has 1 N–H and O–H groups in total. The molecule has 0 unspecified atom stereocenters. The second kappa shape index (κ2) is 4.03. The Morgan fingerprint density at radius 1 is 1.37 bits per heavy atom. The Kier molecular flexibility index (Phi) is 2.32. The first-order chi connectivity index (χ1) is 9.35. The molecular weight excluding hydrogens is 258 g/mol. The molecule has 0 bridgehead atoms. The highest BCUT2D eigenvalue weighted by Crippen LogP contribution is 2.30. The molecule has 3 aromatic rings. The number of aromatic nitrogens is 4. The normalized spacial score (nSPS) is 13.7. The molecule has 0 spiro atoms. The second-order valence-corrected chi connectivity index (χ2v) is 5.58. The number of benzene rings is 1. The molecule has 0 atom stereocenters. The predicted octanol–water partition coefficient (Wildman–Crippen LogP) is 2.38. The lowest BCUT2D eigenvalue weighted by Gasteiger charge is -2.01. The number of hydrogen-bond donors (Lipinski definition) is 1. The summed E-state index contributed by atoms with van der Waals surface area (Å²) in [7, 11) is 0. The molecule has 0 fully saturated rings. The minimum atomic E-state index is 0.846. The van der Waals surface area contributed by atoms with Gasteiger partial charge in [-0.25, -0.2) is 0 Å². The topological polar surface area (TPSA) is 55.1 Å². The van der Waals surface area contributed by atoms with Crippen LogP contribution in [0.1, 0.15) is 18.3 Å². The van der Waals surface area contributed by atoms with Gasteiger partial charge >= 0.3 is 0 Å². The summed E-state index contributed by atoms with van der Waals surface area (Å²) < 4.78 is 1.85. The Morgan fingerprint density at radius 3 is 3.21 bits per heavy atom. The zero-order valence-corrected chi connectivity index (χ0v) is 11.4. The summed E-state index contributed by atoms with van der Waals surface area (Å²) in [5.74, 6) is 0.917. The van der Waals surface area contributed by atoms with Crippen LogP contribution in [0.15, 0.2) is 18.2 Å². The van der Waals surface area contributed by atoms with E-state index in [1.54, 1.807) is 11.3 Å². The fourth-order valence-corrected chi connectivity index (χ4v) is 3.29.